The second kappa shape index (κ2) is 3.42. The fourth-order valence-electron chi connectivity index (χ4n) is 1.05. The van der Waals surface area contributed by atoms with Crippen LogP contribution in [0.4, 0.5) is 0 Å². The summed E-state index contributed by atoms with van der Waals surface area (Å²) in [6, 6.07) is 0.485. The van der Waals surface area contributed by atoms with E-state index < -0.39 is 0 Å². The summed E-state index contributed by atoms with van der Waals surface area (Å²) in [4.78, 5) is 0. The number of hydrogen-bond donors (Lipinski definition) is 1. The van der Waals surface area contributed by atoms with Crippen molar-refractivity contribution in [1.29, 1.82) is 0 Å². The first kappa shape index (κ1) is 8.12. The molecule has 0 amide bonds. The molecule has 0 fully saturated rings. The molecule has 0 aromatic carbocycles. The average Bonchev–Trinajstić information content (AvgIpc) is 2.05. The Bertz CT molecular complexity index is 199. The van der Waals surface area contributed by atoms with Gasteiger partial charge in [-0.25, -0.2) is 0 Å². The summed E-state index contributed by atoms with van der Waals surface area (Å²) in [6.07, 6.45) is 8.15. The summed E-state index contributed by atoms with van der Waals surface area (Å²) in [7, 11) is 0. The van der Waals surface area contributed by atoms with Crippen molar-refractivity contribution in [1.82, 2.24) is 5.32 Å². The van der Waals surface area contributed by atoms with Crippen LogP contribution in [0.5, 0.6) is 0 Å². The zero-order valence-corrected chi connectivity index (χ0v) is 7.17. The van der Waals surface area contributed by atoms with E-state index in [1.54, 1.807) is 0 Å². The molecule has 1 nitrogen and oxygen atoms in total. The van der Waals surface area contributed by atoms with Crippen LogP contribution in [0.25, 0.3) is 0 Å². The zero-order valence-electron chi connectivity index (χ0n) is 7.17. The second-order valence-electron chi connectivity index (χ2n) is 3.14. The average molecular weight is 149 g/mol. The van der Waals surface area contributed by atoms with Crippen molar-refractivity contribution in [2.75, 3.05) is 0 Å². The zero-order chi connectivity index (χ0) is 8.27. The van der Waals surface area contributed by atoms with Gasteiger partial charge in [0.15, 0.2) is 0 Å². The highest BCUT2D eigenvalue weighted by Gasteiger charge is 2.09. The van der Waals surface area contributed by atoms with Crippen molar-refractivity contribution >= 4 is 0 Å². The highest BCUT2D eigenvalue weighted by molar-refractivity contribution is 5.32. The highest BCUT2D eigenvalue weighted by Crippen LogP contribution is 2.10. The maximum absolute atomic E-state index is 3.69. The summed E-state index contributed by atoms with van der Waals surface area (Å²) in [5.74, 6) is 0.647. The minimum Gasteiger partial charge on any atom is -0.384 e. The molecule has 0 spiro atoms. The fraction of sp³-hybridized carbons (Fsp3) is 0.400. The topological polar surface area (TPSA) is 12.0 Å². The predicted molar refractivity (Wildman–Crippen MR) is 49.2 cm³/mol. The van der Waals surface area contributed by atoms with Gasteiger partial charge < -0.3 is 5.32 Å². The van der Waals surface area contributed by atoms with Gasteiger partial charge in [0, 0.05) is 12.2 Å². The first-order chi connectivity index (χ1) is 5.24. The Hall–Kier alpha value is -0.980. The molecule has 0 aromatic rings. The number of hydrogen-bond acceptors (Lipinski definition) is 1. The summed E-state index contributed by atoms with van der Waals surface area (Å²) in [5, 5.41) is 3.30. The van der Waals surface area contributed by atoms with E-state index in [1.165, 1.54) is 0 Å². The number of dihydropyridines is 1. The van der Waals surface area contributed by atoms with Crippen molar-refractivity contribution in [3.63, 3.8) is 0 Å². The molecule has 1 atom stereocenters. The second-order valence-corrected chi connectivity index (χ2v) is 3.14. The quantitative estimate of drug-likeness (QED) is 0.635. The third kappa shape index (κ3) is 1.97. The van der Waals surface area contributed by atoms with Gasteiger partial charge in [0.25, 0.3) is 0 Å². The van der Waals surface area contributed by atoms with Crippen LogP contribution in [0.3, 0.4) is 0 Å². The minimum absolute atomic E-state index is 0.485. The van der Waals surface area contributed by atoms with Crippen molar-refractivity contribution < 1.29 is 0 Å². The monoisotopic (exact) mass is 149 g/mol. The lowest BCUT2D eigenvalue weighted by molar-refractivity contribution is 0.510. The maximum atomic E-state index is 3.69. The van der Waals surface area contributed by atoms with Crippen LogP contribution in [-0.2, 0) is 0 Å². The van der Waals surface area contributed by atoms with Gasteiger partial charge in [-0.1, -0.05) is 38.7 Å². The van der Waals surface area contributed by atoms with E-state index in [0.29, 0.717) is 12.0 Å². The Balaban J connectivity index is 2.57. The molecule has 11 heavy (non-hydrogen) atoms. The molecule has 1 rings (SSSR count). The van der Waals surface area contributed by atoms with E-state index in [1.807, 2.05) is 12.3 Å². The van der Waals surface area contributed by atoms with Crippen LogP contribution in [-0.4, -0.2) is 6.04 Å². The van der Waals surface area contributed by atoms with Gasteiger partial charge >= 0.3 is 0 Å². The molecule has 60 valence electrons. The van der Waals surface area contributed by atoms with Crippen molar-refractivity contribution in [3.8, 4) is 0 Å². The molecule has 0 aliphatic carbocycles. The van der Waals surface area contributed by atoms with E-state index >= 15 is 0 Å². The van der Waals surface area contributed by atoms with Crippen LogP contribution in [0.15, 0.2) is 36.6 Å². The van der Waals surface area contributed by atoms with Gasteiger partial charge in [-0.15, -0.1) is 0 Å². The molecule has 1 heteroatoms. The minimum atomic E-state index is 0.485. The Morgan fingerprint density at radius 1 is 1.64 bits per heavy atom. The van der Waals surface area contributed by atoms with Gasteiger partial charge in [-0.2, -0.15) is 0 Å². The van der Waals surface area contributed by atoms with Crippen LogP contribution in [0.1, 0.15) is 13.8 Å². The summed E-state index contributed by atoms with van der Waals surface area (Å²) in [5.41, 5.74) is 1.15. The molecular weight excluding hydrogens is 134 g/mol. The fourth-order valence-corrected chi connectivity index (χ4v) is 1.05. The van der Waals surface area contributed by atoms with Crippen LogP contribution in [0, 0.1) is 5.92 Å². The van der Waals surface area contributed by atoms with E-state index in [-0.39, 0.29) is 0 Å². The molecule has 1 unspecified atom stereocenters. The lowest BCUT2D eigenvalue weighted by atomic mass is 10.0. The van der Waals surface area contributed by atoms with Gasteiger partial charge in [-0.3, -0.25) is 0 Å². The number of nitrogens with one attached hydrogen (secondary N) is 1. The Kier molecular flexibility index (Phi) is 2.53. The van der Waals surface area contributed by atoms with Gasteiger partial charge in [0.2, 0.25) is 0 Å². The Labute approximate surface area is 68.5 Å². The lowest BCUT2D eigenvalue weighted by Gasteiger charge is -2.20. The smallest absolute Gasteiger partial charge is 0.0465 e. The Morgan fingerprint density at radius 3 is 2.73 bits per heavy atom. The van der Waals surface area contributed by atoms with Crippen molar-refractivity contribution in [3.05, 3.63) is 36.6 Å². The van der Waals surface area contributed by atoms with Gasteiger partial charge in [0.05, 0.1) is 0 Å². The van der Waals surface area contributed by atoms with Crippen molar-refractivity contribution in [2.24, 2.45) is 5.92 Å². The van der Waals surface area contributed by atoms with Gasteiger partial charge in [0.1, 0.15) is 0 Å². The van der Waals surface area contributed by atoms with E-state index in [0.717, 1.165) is 5.57 Å². The summed E-state index contributed by atoms with van der Waals surface area (Å²) in [6.45, 7) is 8.10. The van der Waals surface area contributed by atoms with E-state index in [4.69, 9.17) is 0 Å². The molecular formula is C10H15N. The number of allylic oxidation sites excluding steroid dienone is 3. The standard InChI is InChI=1S/C10H15N/c1-4-9-5-6-10(8(2)3)11-7-9/h4-8,10-11H,1H2,2-3H3. The molecule has 0 saturated heterocycles. The molecule has 1 aliphatic heterocycles. The summed E-state index contributed by atoms with van der Waals surface area (Å²) < 4.78 is 0. The normalized spacial score (nSPS) is 22.8. The third-order valence-electron chi connectivity index (χ3n) is 1.89. The third-order valence-corrected chi connectivity index (χ3v) is 1.89. The maximum Gasteiger partial charge on any atom is 0.0465 e. The van der Waals surface area contributed by atoms with Crippen LogP contribution in [0.2, 0.25) is 0 Å². The number of rotatable bonds is 2. The molecule has 1 heterocycles. The van der Waals surface area contributed by atoms with Crippen molar-refractivity contribution in [2.45, 2.75) is 19.9 Å². The highest BCUT2D eigenvalue weighted by atomic mass is 14.9. The molecule has 0 aromatic heterocycles. The predicted octanol–water partition coefficient (Wildman–Crippen LogP) is 2.24. The van der Waals surface area contributed by atoms with Gasteiger partial charge in [-0.05, 0) is 11.5 Å². The summed E-state index contributed by atoms with van der Waals surface area (Å²) >= 11 is 0. The molecule has 0 saturated carbocycles. The molecule has 0 radical (unpaired) electrons. The SMILES string of the molecule is C=CC1=CNC(C(C)C)C=C1. The lowest BCUT2D eigenvalue weighted by Crippen LogP contribution is -2.29. The first-order valence-electron chi connectivity index (χ1n) is 4.01. The Morgan fingerprint density at radius 2 is 2.36 bits per heavy atom. The van der Waals surface area contributed by atoms with Crippen LogP contribution >= 0.6 is 0 Å². The molecule has 1 N–H and O–H groups in total. The van der Waals surface area contributed by atoms with E-state index in [2.05, 4.69) is 37.9 Å². The van der Waals surface area contributed by atoms with E-state index in [9.17, 15) is 0 Å². The molecule has 1 aliphatic rings. The largest absolute Gasteiger partial charge is 0.384 e. The molecule has 0 bridgehead atoms. The first-order valence-corrected chi connectivity index (χ1v) is 4.01. The van der Waals surface area contributed by atoms with Crippen LogP contribution < -0.4 is 5.32 Å².